The summed E-state index contributed by atoms with van der Waals surface area (Å²) < 4.78 is 26.3. The Morgan fingerprint density at radius 3 is 2.57 bits per heavy atom. The van der Waals surface area contributed by atoms with Crippen molar-refractivity contribution in [2.75, 3.05) is 6.54 Å². The minimum absolute atomic E-state index is 0.0750. The highest BCUT2D eigenvalue weighted by atomic mass is 19.1. The molecule has 3 nitrogen and oxygen atoms in total. The fraction of sp³-hybridized carbons (Fsp3) is 0.562. The summed E-state index contributed by atoms with van der Waals surface area (Å²) in [5.74, 6) is -1.38. The van der Waals surface area contributed by atoms with Gasteiger partial charge in [-0.25, -0.2) is 8.78 Å². The van der Waals surface area contributed by atoms with Gasteiger partial charge in [0.2, 0.25) is 5.91 Å². The molecular weight excluding hydrogens is 274 g/mol. The highest BCUT2D eigenvalue weighted by Crippen LogP contribution is 2.38. The summed E-state index contributed by atoms with van der Waals surface area (Å²) in [7, 11) is 0. The number of benzene rings is 1. The fourth-order valence-electron chi connectivity index (χ4n) is 3.02. The van der Waals surface area contributed by atoms with Gasteiger partial charge in [-0.3, -0.25) is 4.79 Å². The Bertz CT molecular complexity index is 499. The maximum Gasteiger partial charge on any atom is 0.220 e. The number of rotatable bonds is 5. The molecule has 21 heavy (non-hydrogen) atoms. The summed E-state index contributed by atoms with van der Waals surface area (Å²) in [4.78, 5) is 12.1. The minimum Gasteiger partial charge on any atom is -0.352 e. The molecule has 2 rings (SSSR count). The van der Waals surface area contributed by atoms with Gasteiger partial charge in [0.05, 0.1) is 0 Å². The quantitative estimate of drug-likeness (QED) is 0.878. The Kier molecular flexibility index (Phi) is 5.28. The number of carbonyl (C=O) groups excluding carboxylic acids is 1. The lowest BCUT2D eigenvalue weighted by atomic mass is 9.71. The third-order valence-electron chi connectivity index (χ3n) is 4.37. The predicted octanol–water partition coefficient (Wildman–Crippen LogP) is 2.88. The molecule has 1 aliphatic carbocycles. The average Bonchev–Trinajstić information content (AvgIpc) is 2.47. The second-order valence-electron chi connectivity index (χ2n) is 5.95. The van der Waals surface area contributed by atoms with Crippen LogP contribution in [0.5, 0.6) is 0 Å². The maximum atomic E-state index is 13.5. The molecular formula is C16H22F2N2O. The molecule has 0 saturated heterocycles. The van der Waals surface area contributed by atoms with Gasteiger partial charge in [-0.1, -0.05) is 25.3 Å². The molecule has 1 saturated carbocycles. The van der Waals surface area contributed by atoms with E-state index >= 15 is 0 Å². The van der Waals surface area contributed by atoms with Gasteiger partial charge in [0.25, 0.3) is 0 Å². The van der Waals surface area contributed by atoms with Gasteiger partial charge >= 0.3 is 0 Å². The van der Waals surface area contributed by atoms with Crippen LogP contribution in [-0.2, 0) is 11.3 Å². The van der Waals surface area contributed by atoms with E-state index in [4.69, 9.17) is 5.73 Å². The van der Waals surface area contributed by atoms with Crippen molar-refractivity contribution in [2.45, 2.75) is 45.1 Å². The summed E-state index contributed by atoms with van der Waals surface area (Å²) in [5.41, 5.74) is 6.03. The summed E-state index contributed by atoms with van der Waals surface area (Å²) in [5, 5.41) is 2.71. The number of carbonyl (C=O) groups is 1. The number of halogens is 2. The van der Waals surface area contributed by atoms with Crippen LogP contribution >= 0.6 is 0 Å². The van der Waals surface area contributed by atoms with Crippen molar-refractivity contribution in [3.05, 3.63) is 35.4 Å². The van der Waals surface area contributed by atoms with E-state index in [0.717, 1.165) is 31.7 Å². The minimum atomic E-state index is -0.637. The standard InChI is InChI=1S/C16H22F2N2O/c17-13-5-4-12(14(18)8-13)10-20-15(21)9-16(11-19)6-2-1-3-7-16/h4-5,8H,1-3,6-7,9-11,19H2,(H,20,21). The number of hydrogen-bond donors (Lipinski definition) is 2. The first-order valence-corrected chi connectivity index (χ1v) is 7.45. The van der Waals surface area contributed by atoms with E-state index < -0.39 is 11.6 Å². The molecule has 0 radical (unpaired) electrons. The number of hydrogen-bond acceptors (Lipinski definition) is 2. The predicted molar refractivity (Wildman–Crippen MR) is 77.4 cm³/mol. The van der Waals surface area contributed by atoms with Crippen molar-refractivity contribution < 1.29 is 13.6 Å². The topological polar surface area (TPSA) is 55.1 Å². The normalized spacial score (nSPS) is 17.5. The van der Waals surface area contributed by atoms with Crippen LogP contribution in [-0.4, -0.2) is 12.5 Å². The van der Waals surface area contributed by atoms with Crippen LogP contribution in [0.15, 0.2) is 18.2 Å². The van der Waals surface area contributed by atoms with Crippen molar-refractivity contribution >= 4 is 5.91 Å². The number of amides is 1. The molecule has 1 fully saturated rings. The smallest absolute Gasteiger partial charge is 0.220 e. The number of nitrogens with two attached hydrogens (primary N) is 1. The van der Waals surface area contributed by atoms with E-state index in [9.17, 15) is 13.6 Å². The van der Waals surface area contributed by atoms with E-state index in [1.807, 2.05) is 0 Å². The van der Waals surface area contributed by atoms with Gasteiger partial charge in [-0.15, -0.1) is 0 Å². The Labute approximate surface area is 123 Å². The molecule has 1 aromatic carbocycles. The molecule has 0 aromatic heterocycles. The zero-order valence-electron chi connectivity index (χ0n) is 12.1. The largest absolute Gasteiger partial charge is 0.352 e. The maximum absolute atomic E-state index is 13.5. The molecule has 1 aliphatic rings. The summed E-state index contributed by atoms with van der Waals surface area (Å²) in [6, 6.07) is 3.36. The van der Waals surface area contributed by atoms with Crippen LogP contribution < -0.4 is 11.1 Å². The van der Waals surface area contributed by atoms with E-state index in [2.05, 4.69) is 5.32 Å². The van der Waals surface area contributed by atoms with Gasteiger partial charge in [-0.2, -0.15) is 0 Å². The second kappa shape index (κ2) is 6.98. The van der Waals surface area contributed by atoms with Crippen molar-refractivity contribution in [1.29, 1.82) is 0 Å². The molecule has 0 unspecified atom stereocenters. The van der Waals surface area contributed by atoms with E-state index in [1.165, 1.54) is 18.6 Å². The molecule has 0 aliphatic heterocycles. The van der Waals surface area contributed by atoms with E-state index in [1.54, 1.807) is 0 Å². The highest BCUT2D eigenvalue weighted by molar-refractivity contribution is 5.76. The first-order valence-electron chi connectivity index (χ1n) is 7.45. The summed E-state index contributed by atoms with van der Waals surface area (Å²) in [6.45, 7) is 0.580. The third kappa shape index (κ3) is 4.24. The van der Waals surface area contributed by atoms with Gasteiger partial charge < -0.3 is 11.1 Å². The van der Waals surface area contributed by atoms with Crippen molar-refractivity contribution in [3.63, 3.8) is 0 Å². The lowest BCUT2D eigenvalue weighted by Crippen LogP contribution is -2.38. The van der Waals surface area contributed by atoms with Gasteiger partial charge in [-0.05, 0) is 30.9 Å². The third-order valence-corrected chi connectivity index (χ3v) is 4.37. The van der Waals surface area contributed by atoms with Crippen molar-refractivity contribution in [3.8, 4) is 0 Å². The van der Waals surface area contributed by atoms with Crippen LogP contribution in [0, 0.1) is 17.0 Å². The lowest BCUT2D eigenvalue weighted by molar-refractivity contribution is -0.124. The molecule has 0 heterocycles. The molecule has 5 heteroatoms. The SMILES string of the molecule is NCC1(CC(=O)NCc2ccc(F)cc2F)CCCCC1. The van der Waals surface area contributed by atoms with E-state index in [0.29, 0.717) is 13.0 Å². The molecule has 116 valence electrons. The Hall–Kier alpha value is -1.49. The molecule has 1 amide bonds. The van der Waals surface area contributed by atoms with Crippen molar-refractivity contribution in [2.24, 2.45) is 11.1 Å². The van der Waals surface area contributed by atoms with E-state index in [-0.39, 0.29) is 23.4 Å². The first kappa shape index (κ1) is 15.9. The zero-order valence-corrected chi connectivity index (χ0v) is 12.1. The van der Waals surface area contributed by atoms with Crippen molar-refractivity contribution in [1.82, 2.24) is 5.32 Å². The zero-order chi connectivity index (χ0) is 15.3. The summed E-state index contributed by atoms with van der Waals surface area (Å²) >= 11 is 0. The van der Waals surface area contributed by atoms with Crippen LogP contribution in [0.2, 0.25) is 0 Å². The van der Waals surface area contributed by atoms with Crippen LogP contribution in [0.25, 0.3) is 0 Å². The Balaban J connectivity index is 1.89. The summed E-state index contributed by atoms with van der Waals surface area (Å²) in [6.07, 6.45) is 5.74. The molecule has 0 atom stereocenters. The highest BCUT2D eigenvalue weighted by Gasteiger charge is 2.32. The van der Waals surface area contributed by atoms with Gasteiger partial charge in [0.15, 0.2) is 0 Å². The molecule has 0 spiro atoms. The molecule has 3 N–H and O–H groups in total. The van der Waals surface area contributed by atoms with Crippen LogP contribution in [0.4, 0.5) is 8.78 Å². The lowest BCUT2D eigenvalue weighted by Gasteiger charge is -2.35. The Morgan fingerprint density at radius 1 is 1.24 bits per heavy atom. The van der Waals surface area contributed by atoms with Crippen LogP contribution in [0.3, 0.4) is 0 Å². The van der Waals surface area contributed by atoms with Gasteiger partial charge in [0, 0.05) is 24.6 Å². The molecule has 1 aromatic rings. The fourth-order valence-corrected chi connectivity index (χ4v) is 3.02. The monoisotopic (exact) mass is 296 g/mol. The second-order valence-corrected chi connectivity index (χ2v) is 5.95. The van der Waals surface area contributed by atoms with Gasteiger partial charge in [0.1, 0.15) is 11.6 Å². The number of nitrogens with one attached hydrogen (secondary N) is 1. The Morgan fingerprint density at radius 2 is 1.95 bits per heavy atom. The average molecular weight is 296 g/mol. The first-order chi connectivity index (χ1) is 10.0. The molecule has 0 bridgehead atoms. The van der Waals surface area contributed by atoms with Crippen LogP contribution in [0.1, 0.15) is 44.1 Å².